The molecule has 0 radical (unpaired) electrons. The van der Waals surface area contributed by atoms with Crippen LogP contribution in [0.1, 0.15) is 0 Å². The Morgan fingerprint density at radius 2 is 2.00 bits per heavy atom. The molecule has 0 aliphatic carbocycles. The van der Waals surface area contributed by atoms with Crippen LogP contribution in [0.2, 0.25) is 0 Å². The van der Waals surface area contributed by atoms with Gasteiger partial charge < -0.3 is 9.47 Å². The number of pyridine rings is 1. The van der Waals surface area contributed by atoms with Gasteiger partial charge in [0.15, 0.2) is 11.5 Å². The molecule has 0 saturated carbocycles. The highest BCUT2D eigenvalue weighted by Gasteiger charge is 2.34. The Kier molecular flexibility index (Phi) is 4.54. The first-order valence-electron chi connectivity index (χ1n) is 3.99. The molecule has 1 rings (SSSR count). The molecule has 1 aromatic rings. The summed E-state index contributed by atoms with van der Waals surface area (Å²) in [6, 6.07) is 0. The molecular formula is C7H4ClF3INO4S. The third-order valence-corrected chi connectivity index (χ3v) is 3.78. The Labute approximate surface area is 118 Å². The largest absolute Gasteiger partial charge is 0.573 e. The van der Waals surface area contributed by atoms with Crippen molar-refractivity contribution < 1.29 is 31.1 Å². The fraction of sp³-hybridized carbons (Fsp3) is 0.286. The van der Waals surface area contributed by atoms with Crippen molar-refractivity contribution in [2.24, 2.45) is 0 Å². The van der Waals surface area contributed by atoms with Crippen molar-refractivity contribution >= 4 is 42.3 Å². The Balaban J connectivity index is 3.39. The van der Waals surface area contributed by atoms with Crippen LogP contribution < -0.4 is 9.47 Å². The van der Waals surface area contributed by atoms with Crippen LogP contribution in [-0.4, -0.2) is 26.9 Å². The second-order valence-electron chi connectivity index (χ2n) is 2.76. The van der Waals surface area contributed by atoms with Gasteiger partial charge in [0, 0.05) is 10.7 Å². The zero-order chi connectivity index (χ0) is 14.1. The molecule has 0 amide bonds. The molecule has 0 N–H and O–H groups in total. The first-order chi connectivity index (χ1) is 8.06. The van der Waals surface area contributed by atoms with Gasteiger partial charge in [0.2, 0.25) is 5.03 Å². The van der Waals surface area contributed by atoms with E-state index in [1.165, 1.54) is 22.6 Å². The highest BCUT2D eigenvalue weighted by Crippen LogP contribution is 2.37. The molecule has 1 heterocycles. The molecule has 0 aliphatic rings. The van der Waals surface area contributed by atoms with Gasteiger partial charge in [-0.1, -0.05) is 0 Å². The summed E-state index contributed by atoms with van der Waals surface area (Å²) in [5.41, 5.74) is 0. The van der Waals surface area contributed by atoms with Gasteiger partial charge in [-0.15, -0.1) is 13.2 Å². The summed E-state index contributed by atoms with van der Waals surface area (Å²) in [6.07, 6.45) is -4.32. The highest BCUT2D eigenvalue weighted by atomic mass is 127. The maximum atomic E-state index is 12.1. The number of hydrogen-bond acceptors (Lipinski definition) is 5. The minimum atomic E-state index is -4.92. The number of alkyl halides is 3. The van der Waals surface area contributed by atoms with Crippen molar-refractivity contribution in [2.75, 3.05) is 7.11 Å². The average molecular weight is 418 g/mol. The molecule has 0 saturated heterocycles. The maximum absolute atomic E-state index is 12.1. The Hall–Kier alpha value is -0.490. The standard InChI is InChI=1S/C7H4ClF3INO4S/c1-16-5-4(12)3(17-7(9,10)11)2-13-6(5)18(8,14)15/h2H,1H3. The summed E-state index contributed by atoms with van der Waals surface area (Å²) in [5, 5.41) is -0.675. The summed E-state index contributed by atoms with van der Waals surface area (Å²) in [6.45, 7) is 0. The number of methoxy groups -OCH3 is 1. The van der Waals surface area contributed by atoms with Crippen molar-refractivity contribution in [1.82, 2.24) is 4.98 Å². The van der Waals surface area contributed by atoms with Crippen molar-refractivity contribution in [3.63, 3.8) is 0 Å². The first-order valence-corrected chi connectivity index (χ1v) is 7.38. The van der Waals surface area contributed by atoms with Gasteiger partial charge in [0.1, 0.15) is 3.57 Å². The number of ether oxygens (including phenoxy) is 2. The predicted molar refractivity (Wildman–Crippen MR) is 63.2 cm³/mol. The van der Waals surface area contributed by atoms with Crippen molar-refractivity contribution in [3.05, 3.63) is 9.77 Å². The van der Waals surface area contributed by atoms with E-state index in [2.05, 4.69) is 14.5 Å². The average Bonchev–Trinajstić information content (AvgIpc) is 2.17. The Bertz CT molecular complexity index is 563. The Morgan fingerprint density at radius 3 is 2.39 bits per heavy atom. The zero-order valence-corrected chi connectivity index (χ0v) is 12.2. The molecule has 18 heavy (non-hydrogen) atoms. The van der Waals surface area contributed by atoms with Crippen LogP contribution in [0.3, 0.4) is 0 Å². The molecule has 0 bridgehead atoms. The fourth-order valence-corrected chi connectivity index (χ4v) is 2.81. The van der Waals surface area contributed by atoms with Crippen LogP contribution in [-0.2, 0) is 9.05 Å². The summed E-state index contributed by atoms with van der Waals surface area (Å²) in [7, 11) is 1.90. The van der Waals surface area contributed by atoms with E-state index in [9.17, 15) is 21.6 Å². The molecule has 1 aromatic heterocycles. The monoisotopic (exact) mass is 417 g/mol. The number of halogens is 5. The lowest BCUT2D eigenvalue weighted by molar-refractivity contribution is -0.275. The molecule has 0 aromatic carbocycles. The van der Waals surface area contributed by atoms with E-state index in [1.54, 1.807) is 0 Å². The van der Waals surface area contributed by atoms with Gasteiger partial charge in [0.05, 0.1) is 13.3 Å². The quantitative estimate of drug-likeness (QED) is 0.559. The van der Waals surface area contributed by atoms with Crippen LogP contribution in [0.25, 0.3) is 0 Å². The van der Waals surface area contributed by atoms with Crippen LogP contribution >= 0.6 is 33.3 Å². The highest BCUT2D eigenvalue weighted by molar-refractivity contribution is 14.1. The third kappa shape index (κ3) is 3.75. The molecule has 102 valence electrons. The van der Waals surface area contributed by atoms with Gasteiger partial charge in [0.25, 0.3) is 9.05 Å². The molecule has 0 aliphatic heterocycles. The zero-order valence-electron chi connectivity index (χ0n) is 8.46. The van der Waals surface area contributed by atoms with Crippen molar-refractivity contribution in [3.8, 4) is 11.5 Å². The molecule has 5 nitrogen and oxygen atoms in total. The molecule has 11 heteroatoms. The molecule has 0 atom stereocenters. The van der Waals surface area contributed by atoms with E-state index in [1.807, 2.05) is 0 Å². The number of rotatable bonds is 3. The SMILES string of the molecule is COc1c(S(=O)(=O)Cl)ncc(OC(F)(F)F)c1I. The lowest BCUT2D eigenvalue weighted by Crippen LogP contribution is -2.18. The van der Waals surface area contributed by atoms with Crippen LogP contribution in [0.15, 0.2) is 11.2 Å². The second kappa shape index (κ2) is 5.25. The fourth-order valence-electron chi connectivity index (χ4n) is 0.985. The van der Waals surface area contributed by atoms with Gasteiger partial charge in [-0.25, -0.2) is 13.4 Å². The smallest absolute Gasteiger partial charge is 0.492 e. The number of nitrogens with zero attached hydrogens (tertiary/aromatic N) is 1. The molecule has 0 spiro atoms. The van der Waals surface area contributed by atoms with Crippen LogP contribution in [0, 0.1) is 3.57 Å². The number of hydrogen-bond donors (Lipinski definition) is 0. The number of aromatic nitrogens is 1. The Morgan fingerprint density at radius 1 is 1.44 bits per heavy atom. The van der Waals surface area contributed by atoms with E-state index >= 15 is 0 Å². The lowest BCUT2D eigenvalue weighted by atomic mass is 10.4. The summed E-state index contributed by atoms with van der Waals surface area (Å²) in [4.78, 5) is 3.29. The van der Waals surface area contributed by atoms with E-state index in [-0.39, 0.29) is 3.57 Å². The molecular weight excluding hydrogens is 413 g/mol. The van der Waals surface area contributed by atoms with Crippen molar-refractivity contribution in [2.45, 2.75) is 11.4 Å². The maximum Gasteiger partial charge on any atom is 0.573 e. The second-order valence-corrected chi connectivity index (χ2v) is 6.32. The minimum absolute atomic E-state index is 0.207. The van der Waals surface area contributed by atoms with Crippen LogP contribution in [0.5, 0.6) is 11.5 Å². The van der Waals surface area contributed by atoms with E-state index in [0.717, 1.165) is 7.11 Å². The van der Waals surface area contributed by atoms with Gasteiger partial charge in [-0.2, -0.15) is 0 Å². The summed E-state index contributed by atoms with van der Waals surface area (Å²) in [5.74, 6) is -1.09. The molecule has 0 fully saturated rings. The van der Waals surface area contributed by atoms with Gasteiger partial charge in [-0.3, -0.25) is 0 Å². The predicted octanol–water partition coefficient (Wildman–Crippen LogP) is 2.52. The van der Waals surface area contributed by atoms with Crippen molar-refractivity contribution in [1.29, 1.82) is 0 Å². The molecule has 0 unspecified atom stereocenters. The van der Waals surface area contributed by atoms with Gasteiger partial charge >= 0.3 is 6.36 Å². The summed E-state index contributed by atoms with van der Waals surface area (Å²) < 4.78 is 66.5. The van der Waals surface area contributed by atoms with E-state index in [4.69, 9.17) is 10.7 Å². The normalized spacial score (nSPS) is 12.3. The summed E-state index contributed by atoms with van der Waals surface area (Å²) >= 11 is 1.43. The first kappa shape index (κ1) is 15.6. The van der Waals surface area contributed by atoms with Gasteiger partial charge in [-0.05, 0) is 22.6 Å². The third-order valence-electron chi connectivity index (χ3n) is 1.57. The lowest BCUT2D eigenvalue weighted by Gasteiger charge is -2.13. The van der Waals surface area contributed by atoms with E-state index in [0.29, 0.717) is 6.20 Å². The van der Waals surface area contributed by atoms with E-state index < -0.39 is 31.9 Å². The topological polar surface area (TPSA) is 65.5 Å². The minimum Gasteiger partial charge on any atom is -0.492 e. The van der Waals surface area contributed by atoms with Crippen LogP contribution in [0.4, 0.5) is 13.2 Å².